The van der Waals surface area contributed by atoms with Crippen molar-refractivity contribution >= 4 is 111 Å². The minimum Gasteiger partial charge on any atom is -0.214 e. The molecule has 0 aliphatic heterocycles. The number of hydrogen-bond acceptors (Lipinski definition) is 0. The van der Waals surface area contributed by atoms with Gasteiger partial charge in [-0.05, 0) is 0 Å². The molecular weight excluding hydrogens is 418 g/mol. The van der Waals surface area contributed by atoms with Crippen LogP contribution in [-0.4, -0.2) is 15.2 Å². The maximum absolute atomic E-state index is 5.31. The van der Waals surface area contributed by atoms with Crippen molar-refractivity contribution in [2.24, 2.45) is 0 Å². The molecule has 16 heavy (non-hydrogen) atoms. The Hall–Kier alpha value is 2.62. The highest BCUT2D eigenvalue weighted by Gasteiger charge is 2.19. The topological polar surface area (TPSA) is 0 Å². The summed E-state index contributed by atoms with van der Waals surface area (Å²) in [6.07, 6.45) is 0.194. The van der Waals surface area contributed by atoms with Gasteiger partial charge in [0.15, 0.2) is 3.79 Å². The van der Waals surface area contributed by atoms with Gasteiger partial charge >= 0.3 is 11.4 Å². The minimum absolute atomic E-state index is 0.111. The Labute approximate surface area is 142 Å². The Morgan fingerprint density at radius 2 is 1.12 bits per heavy atom. The second kappa shape index (κ2) is 14.0. The lowest BCUT2D eigenvalue weighted by Crippen LogP contribution is -1.99. The van der Waals surface area contributed by atoms with Gasteiger partial charge in [0, 0.05) is 11.5 Å². The van der Waals surface area contributed by atoms with Crippen LogP contribution in [-0.2, 0) is 0 Å². The molecule has 0 nitrogen and oxygen atoms in total. The lowest BCUT2D eigenvalue weighted by molar-refractivity contribution is 1.06. The van der Waals surface area contributed by atoms with Crippen LogP contribution in [0.25, 0.3) is 0 Å². The Morgan fingerprint density at radius 3 is 1.12 bits per heavy atom. The van der Waals surface area contributed by atoms with E-state index in [4.69, 9.17) is 99.8 Å². The lowest BCUT2D eigenvalue weighted by Gasteiger charge is -2.06. The van der Waals surface area contributed by atoms with Crippen LogP contribution in [0.2, 0.25) is 0 Å². The van der Waals surface area contributed by atoms with E-state index < -0.39 is 15.2 Å². The van der Waals surface area contributed by atoms with Crippen LogP contribution in [0.3, 0.4) is 0 Å². The van der Waals surface area contributed by atoms with Gasteiger partial charge in [-0.15, -0.1) is 0 Å². The van der Waals surface area contributed by atoms with E-state index in [0.29, 0.717) is 5.03 Å². The largest absolute Gasteiger partial charge is 0.643 e. The second-order valence-electron chi connectivity index (χ2n) is 1.90. The van der Waals surface area contributed by atoms with Crippen molar-refractivity contribution in [1.29, 1.82) is 0 Å². The zero-order chi connectivity index (χ0) is 13.9. The van der Waals surface area contributed by atoms with Crippen molar-refractivity contribution in [3.63, 3.8) is 0 Å². The number of rotatable bonds is 1. The van der Waals surface area contributed by atoms with Crippen molar-refractivity contribution in [1.82, 2.24) is 0 Å². The molecule has 0 saturated carbocycles. The summed E-state index contributed by atoms with van der Waals surface area (Å²) >= 11 is 29.2. The van der Waals surface area contributed by atoms with Gasteiger partial charge in [0.05, 0.1) is 4.49 Å². The van der Waals surface area contributed by atoms with E-state index in [2.05, 4.69) is 13.2 Å². The molecule has 0 fully saturated rings. The van der Waals surface area contributed by atoms with Crippen LogP contribution in [0.5, 0.6) is 0 Å². The van der Waals surface area contributed by atoms with E-state index in [1.165, 1.54) is 0 Å². The zero-order valence-corrected chi connectivity index (χ0v) is 15.6. The van der Waals surface area contributed by atoms with Crippen molar-refractivity contribution in [2.45, 2.75) is 10.2 Å². The Kier molecular flexibility index (Phi) is 20.8. The Balaban J connectivity index is -0.000000179. The minimum atomic E-state index is -1.72. The molecule has 0 N–H and O–H groups in total. The highest BCUT2D eigenvalue weighted by molar-refractivity contribution is 7.54. The average molecular weight is 424 g/mol. The molecule has 0 aromatic rings. The fourth-order valence-corrected chi connectivity index (χ4v) is 1.11. The van der Waals surface area contributed by atoms with Crippen LogP contribution >= 0.6 is 99.8 Å². The number of halogens is 9. The van der Waals surface area contributed by atoms with E-state index in [0.717, 1.165) is 0 Å². The molecule has 0 aromatic carbocycles. The molecule has 0 amide bonds. The molecule has 0 atom stereocenters. The molecule has 0 spiro atoms. The average Bonchev–Trinajstić information content (AvgIpc) is 1.74. The van der Waals surface area contributed by atoms with E-state index in [1.54, 1.807) is 0 Å². The summed E-state index contributed by atoms with van der Waals surface area (Å²) in [6.45, 7) is 6.44. The third-order valence-corrected chi connectivity index (χ3v) is 0.927. The third kappa shape index (κ3) is 69.8. The second-order valence-corrected chi connectivity index (χ2v) is 12.5. The predicted molar refractivity (Wildman–Crippen MR) is 84.1 cm³/mol. The van der Waals surface area contributed by atoms with Crippen LogP contribution in [0, 0.1) is 0 Å². The molecule has 0 aliphatic carbocycles. The summed E-state index contributed by atoms with van der Waals surface area (Å²) in [5.41, 5.74) is 0. The van der Waals surface area contributed by atoms with Gasteiger partial charge in [-0.2, -0.15) is 0 Å². The van der Waals surface area contributed by atoms with Gasteiger partial charge in [-0.1, -0.05) is 82.8 Å². The fraction of sp³-hybridized carbons (Fsp3) is 0.333. The van der Waals surface area contributed by atoms with Crippen LogP contribution < -0.4 is 0 Å². The standard InChI is InChI=1S/C4H4Cl4.C2H2Cl2.Al.3ClH/c1-3(5)2-4(6,7)8;1-2(3)4;;;;/h1-2H2;1H2;;3*1H/q;;+3;;;/p-3. The Morgan fingerprint density at radius 1 is 0.938 bits per heavy atom. The van der Waals surface area contributed by atoms with Gasteiger partial charge in [0.1, 0.15) is 0 Å². The molecule has 0 rings (SSSR count). The molecule has 0 saturated heterocycles. The van der Waals surface area contributed by atoms with Gasteiger partial charge in [0.2, 0.25) is 0 Å². The lowest BCUT2D eigenvalue weighted by atomic mass is 10.5. The first kappa shape index (κ1) is 23.7. The van der Waals surface area contributed by atoms with Gasteiger partial charge in [0.25, 0.3) is 0 Å². The first-order valence-electron chi connectivity index (χ1n) is 3.20. The predicted octanol–water partition coefficient (Wildman–Crippen LogP) is 7.12. The number of allylic oxidation sites excluding steroid dienone is 1. The van der Waals surface area contributed by atoms with Crippen molar-refractivity contribution in [2.75, 3.05) is 0 Å². The fourth-order valence-electron chi connectivity index (χ4n) is 0.217. The van der Waals surface area contributed by atoms with Gasteiger partial charge in [-0.25, -0.2) is 30.1 Å². The highest BCUT2D eigenvalue weighted by atomic mass is 35.8. The molecule has 0 aliphatic rings. The Bertz CT molecular complexity index is 190. The summed E-state index contributed by atoms with van der Waals surface area (Å²) in [5, 5.41) is 0.352. The summed E-state index contributed by atoms with van der Waals surface area (Å²) in [7, 11) is 14.8. The van der Waals surface area contributed by atoms with E-state index >= 15 is 0 Å². The zero-order valence-electron chi connectivity index (χ0n) is 7.60. The van der Waals surface area contributed by atoms with Crippen molar-refractivity contribution in [3.8, 4) is 0 Å². The van der Waals surface area contributed by atoms with Crippen LogP contribution in [0.4, 0.5) is 0 Å². The molecule has 0 aromatic heterocycles. The molecule has 0 heterocycles. The molecule has 0 bridgehead atoms. The van der Waals surface area contributed by atoms with E-state index in [-0.39, 0.29) is 10.9 Å². The molecule has 96 valence electrons. The molecular formula is C6H6AlCl9. The monoisotopic (exact) mass is 420 g/mol. The van der Waals surface area contributed by atoms with Gasteiger partial charge in [-0.3, -0.25) is 0 Å². The number of alkyl halides is 3. The summed E-state index contributed by atoms with van der Waals surface area (Å²) in [4.78, 5) is 0. The quantitative estimate of drug-likeness (QED) is 0.311. The maximum Gasteiger partial charge on any atom is 0.643 e. The molecule has 0 unspecified atom stereocenters. The van der Waals surface area contributed by atoms with Crippen molar-refractivity contribution in [3.05, 3.63) is 22.7 Å². The number of hydrogen-bond donors (Lipinski definition) is 0. The summed E-state index contributed by atoms with van der Waals surface area (Å²) < 4.78 is -1.18. The van der Waals surface area contributed by atoms with Crippen LogP contribution in [0.15, 0.2) is 22.7 Å². The SMILES string of the molecule is C=C(Cl)CC(Cl)(Cl)Cl.C=C(Cl)Cl.[Cl][Al]([Cl])[Cl]. The molecule has 10 heteroatoms. The van der Waals surface area contributed by atoms with Crippen LogP contribution in [0.1, 0.15) is 6.42 Å². The molecule has 0 radical (unpaired) electrons. The van der Waals surface area contributed by atoms with Crippen molar-refractivity contribution < 1.29 is 0 Å². The highest BCUT2D eigenvalue weighted by Crippen LogP contribution is 2.33. The third-order valence-electron chi connectivity index (χ3n) is 0.392. The smallest absolute Gasteiger partial charge is 0.214 e. The first-order valence-corrected chi connectivity index (χ1v) is 10.7. The van der Waals surface area contributed by atoms with E-state index in [1.807, 2.05) is 0 Å². The van der Waals surface area contributed by atoms with Gasteiger partial charge < -0.3 is 0 Å². The normalized spacial score (nSPS) is 9.06. The van der Waals surface area contributed by atoms with E-state index in [9.17, 15) is 0 Å². The summed E-state index contributed by atoms with van der Waals surface area (Å²) in [6, 6.07) is 0. The first-order chi connectivity index (χ1) is 6.88. The summed E-state index contributed by atoms with van der Waals surface area (Å²) in [5.74, 6) is 0. The maximum atomic E-state index is 5.31.